The molecule has 0 aromatic rings. The van der Waals surface area contributed by atoms with Gasteiger partial charge in [-0.2, -0.15) is 0 Å². The van der Waals surface area contributed by atoms with Crippen LogP contribution in [-0.2, 0) is 4.79 Å². The standard InChI is InChI=1S/C3H6N2O4/c1-3(4,2(6)7)5(8)9/h4H2,1H3,(H,6,7)/t3-/m1/s1. The number of nitro groups is 1. The van der Waals surface area contributed by atoms with E-state index in [0.717, 1.165) is 6.92 Å². The first-order chi connectivity index (χ1) is 3.89. The molecule has 0 fully saturated rings. The first kappa shape index (κ1) is 7.83. The predicted octanol–water partition coefficient (Wildman–Crippen LogP) is -0.977. The highest BCUT2D eigenvalue weighted by atomic mass is 16.6. The molecule has 0 aliphatic heterocycles. The molecule has 0 saturated carbocycles. The van der Waals surface area contributed by atoms with Crippen molar-refractivity contribution in [3.05, 3.63) is 10.1 Å². The maximum absolute atomic E-state index is 9.90. The highest BCUT2D eigenvalue weighted by Gasteiger charge is 2.41. The number of nitrogens with two attached hydrogens (primary N) is 1. The molecule has 6 nitrogen and oxygen atoms in total. The Morgan fingerprint density at radius 1 is 1.89 bits per heavy atom. The average Bonchev–Trinajstić information content (AvgIpc) is 1.65. The molecule has 6 heteroatoms. The van der Waals surface area contributed by atoms with Crippen LogP contribution in [0.3, 0.4) is 0 Å². The monoisotopic (exact) mass is 134 g/mol. The zero-order valence-corrected chi connectivity index (χ0v) is 4.70. The van der Waals surface area contributed by atoms with E-state index < -0.39 is 16.6 Å². The second-order valence-electron chi connectivity index (χ2n) is 1.71. The first-order valence-electron chi connectivity index (χ1n) is 2.06. The molecule has 0 rings (SSSR count). The van der Waals surface area contributed by atoms with Crippen LogP contribution in [0.25, 0.3) is 0 Å². The van der Waals surface area contributed by atoms with Gasteiger partial charge in [0.05, 0.1) is 4.92 Å². The van der Waals surface area contributed by atoms with Gasteiger partial charge >= 0.3 is 11.6 Å². The van der Waals surface area contributed by atoms with E-state index >= 15 is 0 Å². The van der Waals surface area contributed by atoms with Crippen LogP contribution in [0.1, 0.15) is 6.92 Å². The van der Waals surface area contributed by atoms with E-state index in [4.69, 9.17) is 10.8 Å². The van der Waals surface area contributed by atoms with Gasteiger partial charge in [0.1, 0.15) is 0 Å². The Morgan fingerprint density at radius 3 is 2.22 bits per heavy atom. The lowest BCUT2D eigenvalue weighted by Gasteiger charge is -2.07. The minimum Gasteiger partial charge on any atom is -0.475 e. The van der Waals surface area contributed by atoms with Gasteiger partial charge in [0, 0.05) is 6.92 Å². The highest BCUT2D eigenvalue weighted by Crippen LogP contribution is 1.97. The number of carboxylic acid groups (broad SMARTS) is 1. The van der Waals surface area contributed by atoms with Crippen molar-refractivity contribution in [2.75, 3.05) is 0 Å². The molecule has 0 radical (unpaired) electrons. The highest BCUT2D eigenvalue weighted by molar-refractivity contribution is 5.75. The molecule has 0 aromatic heterocycles. The fourth-order valence-corrected chi connectivity index (χ4v) is 0.0781. The number of hydrogen-bond donors (Lipinski definition) is 2. The van der Waals surface area contributed by atoms with Crippen molar-refractivity contribution in [3.63, 3.8) is 0 Å². The molecule has 0 unspecified atom stereocenters. The van der Waals surface area contributed by atoms with Crippen molar-refractivity contribution in [1.82, 2.24) is 0 Å². The molecule has 52 valence electrons. The maximum atomic E-state index is 9.90. The first-order valence-corrected chi connectivity index (χ1v) is 2.06. The summed E-state index contributed by atoms with van der Waals surface area (Å²) in [6.45, 7) is 0.815. The Morgan fingerprint density at radius 2 is 2.22 bits per heavy atom. The summed E-state index contributed by atoms with van der Waals surface area (Å²) in [5, 5.41) is 17.8. The molecule has 0 heterocycles. The van der Waals surface area contributed by atoms with Gasteiger partial charge in [-0.1, -0.05) is 0 Å². The number of carboxylic acids is 1. The van der Waals surface area contributed by atoms with Crippen molar-refractivity contribution < 1.29 is 14.8 Å². The quantitative estimate of drug-likeness (QED) is 0.287. The number of hydrogen-bond acceptors (Lipinski definition) is 4. The van der Waals surface area contributed by atoms with Gasteiger partial charge < -0.3 is 5.11 Å². The van der Waals surface area contributed by atoms with Gasteiger partial charge in [-0.25, -0.2) is 4.79 Å². The molecule has 0 aliphatic carbocycles. The van der Waals surface area contributed by atoms with Crippen LogP contribution in [0.15, 0.2) is 0 Å². The zero-order chi connectivity index (χ0) is 7.65. The van der Waals surface area contributed by atoms with E-state index in [-0.39, 0.29) is 0 Å². The fourth-order valence-electron chi connectivity index (χ4n) is 0.0781. The summed E-state index contributed by atoms with van der Waals surface area (Å²) >= 11 is 0. The molecule has 0 amide bonds. The number of nitrogens with zero attached hydrogens (tertiary/aromatic N) is 1. The lowest BCUT2D eigenvalue weighted by atomic mass is 10.2. The van der Waals surface area contributed by atoms with E-state index in [1.165, 1.54) is 0 Å². The van der Waals surface area contributed by atoms with Crippen LogP contribution < -0.4 is 5.73 Å². The normalized spacial score (nSPS) is 16.2. The van der Waals surface area contributed by atoms with Crippen molar-refractivity contribution in [2.24, 2.45) is 5.73 Å². The van der Waals surface area contributed by atoms with Gasteiger partial charge in [0.15, 0.2) is 0 Å². The Balaban J connectivity index is 4.38. The zero-order valence-electron chi connectivity index (χ0n) is 4.70. The second kappa shape index (κ2) is 1.98. The third-order valence-electron chi connectivity index (χ3n) is 0.812. The van der Waals surface area contributed by atoms with Crippen molar-refractivity contribution in [1.29, 1.82) is 0 Å². The van der Waals surface area contributed by atoms with Crippen molar-refractivity contribution >= 4 is 5.97 Å². The fraction of sp³-hybridized carbons (Fsp3) is 0.667. The molecule has 0 aromatic carbocycles. The smallest absolute Gasteiger partial charge is 0.398 e. The summed E-state index contributed by atoms with van der Waals surface area (Å²) in [7, 11) is 0. The number of carbonyl (C=O) groups is 1. The summed E-state index contributed by atoms with van der Waals surface area (Å²) in [4.78, 5) is 18.6. The predicted molar refractivity (Wildman–Crippen MR) is 27.2 cm³/mol. The van der Waals surface area contributed by atoms with Gasteiger partial charge in [0.25, 0.3) is 0 Å². The summed E-state index contributed by atoms with van der Waals surface area (Å²) < 4.78 is 0. The van der Waals surface area contributed by atoms with Gasteiger partial charge in [-0.3, -0.25) is 15.8 Å². The van der Waals surface area contributed by atoms with E-state index in [9.17, 15) is 14.9 Å². The Labute approximate surface area is 50.4 Å². The van der Waals surface area contributed by atoms with Crippen LogP contribution in [0.4, 0.5) is 0 Å². The molecule has 0 spiro atoms. The maximum Gasteiger partial charge on any atom is 0.398 e. The Hall–Kier alpha value is -1.17. The van der Waals surface area contributed by atoms with Crippen LogP contribution in [0, 0.1) is 10.1 Å². The largest absolute Gasteiger partial charge is 0.475 e. The van der Waals surface area contributed by atoms with Crippen molar-refractivity contribution in [2.45, 2.75) is 12.6 Å². The van der Waals surface area contributed by atoms with Crippen LogP contribution in [0.2, 0.25) is 0 Å². The third-order valence-corrected chi connectivity index (χ3v) is 0.812. The Bertz CT molecular complexity index is 136. The number of rotatable bonds is 2. The lowest BCUT2D eigenvalue weighted by Crippen LogP contribution is -2.51. The minimum atomic E-state index is -2.36. The topological polar surface area (TPSA) is 106 Å². The molecule has 0 aliphatic rings. The SMILES string of the molecule is C[C@](N)(C(=O)O)[N+](=O)[O-]. The van der Waals surface area contributed by atoms with Gasteiger partial charge in [-0.05, 0) is 0 Å². The molecule has 0 bridgehead atoms. The summed E-state index contributed by atoms with van der Waals surface area (Å²) in [5.74, 6) is -1.65. The minimum absolute atomic E-state index is 0.815. The van der Waals surface area contributed by atoms with E-state index in [0.29, 0.717) is 0 Å². The molecular formula is C3H6N2O4. The summed E-state index contributed by atoms with van der Waals surface area (Å²) in [5.41, 5.74) is 2.34. The van der Waals surface area contributed by atoms with Gasteiger partial charge in [-0.15, -0.1) is 0 Å². The molecule has 9 heavy (non-hydrogen) atoms. The van der Waals surface area contributed by atoms with E-state index in [1.54, 1.807) is 0 Å². The summed E-state index contributed by atoms with van der Waals surface area (Å²) in [6.07, 6.45) is 0. The van der Waals surface area contributed by atoms with Crippen LogP contribution in [-0.4, -0.2) is 21.7 Å². The third kappa shape index (κ3) is 1.36. The average molecular weight is 134 g/mol. The van der Waals surface area contributed by atoms with Gasteiger partial charge in [0.2, 0.25) is 0 Å². The molecule has 0 saturated heterocycles. The van der Waals surface area contributed by atoms with Crippen LogP contribution in [0.5, 0.6) is 0 Å². The molecular weight excluding hydrogens is 128 g/mol. The molecule has 3 N–H and O–H groups in total. The van der Waals surface area contributed by atoms with E-state index in [1.807, 2.05) is 0 Å². The lowest BCUT2D eigenvalue weighted by molar-refractivity contribution is -0.549. The van der Waals surface area contributed by atoms with E-state index in [2.05, 4.69) is 0 Å². The summed E-state index contributed by atoms with van der Waals surface area (Å²) in [6, 6.07) is 0. The number of aliphatic carboxylic acids is 1. The van der Waals surface area contributed by atoms with Crippen LogP contribution >= 0.6 is 0 Å². The van der Waals surface area contributed by atoms with Crippen molar-refractivity contribution in [3.8, 4) is 0 Å². The molecule has 1 atom stereocenters. The second-order valence-corrected chi connectivity index (χ2v) is 1.71. The Kier molecular flexibility index (Phi) is 1.72.